The number of likely N-dealkylation sites (N-methyl/N-ethyl adjacent to an activating group) is 1. The maximum Gasteiger partial charge on any atom is 0.125 e. The van der Waals surface area contributed by atoms with Crippen molar-refractivity contribution in [1.29, 1.82) is 0 Å². The van der Waals surface area contributed by atoms with Crippen molar-refractivity contribution in [2.24, 2.45) is 0 Å². The van der Waals surface area contributed by atoms with E-state index in [1.165, 1.54) is 0 Å². The molecule has 1 heterocycles. The molecule has 0 N–H and O–H groups in total. The molecule has 1 unspecified atom stereocenters. The number of aryl methyl sites for hydroxylation is 1. The summed E-state index contributed by atoms with van der Waals surface area (Å²) in [7, 11) is 1.69. The molecular weight excluding hydrogens is 214 g/mol. The zero-order valence-electron chi connectivity index (χ0n) is 10.9. The van der Waals surface area contributed by atoms with Gasteiger partial charge < -0.3 is 9.47 Å². The Morgan fingerprint density at radius 3 is 2.88 bits per heavy atom. The molecule has 0 spiro atoms. The molecule has 17 heavy (non-hydrogen) atoms. The Morgan fingerprint density at radius 2 is 2.24 bits per heavy atom. The smallest absolute Gasteiger partial charge is 0.125 e. The van der Waals surface area contributed by atoms with Gasteiger partial charge in [0.15, 0.2) is 0 Å². The second-order valence-electron chi connectivity index (χ2n) is 4.55. The zero-order valence-corrected chi connectivity index (χ0v) is 10.9. The van der Waals surface area contributed by atoms with E-state index < -0.39 is 0 Å². The van der Waals surface area contributed by atoms with Gasteiger partial charge in [0.25, 0.3) is 0 Å². The molecule has 3 nitrogen and oxygen atoms in total. The van der Waals surface area contributed by atoms with Gasteiger partial charge in [-0.25, -0.2) is 0 Å². The highest BCUT2D eigenvalue weighted by Crippen LogP contribution is 2.26. The topological polar surface area (TPSA) is 21.7 Å². The molecule has 1 fully saturated rings. The summed E-state index contributed by atoms with van der Waals surface area (Å²) in [5.41, 5.74) is 1.14. The second-order valence-corrected chi connectivity index (χ2v) is 4.55. The molecule has 1 saturated heterocycles. The van der Waals surface area contributed by atoms with Crippen LogP contribution in [0, 0.1) is 6.92 Å². The monoisotopic (exact) mass is 235 g/mol. The Balaban J connectivity index is 1.99. The number of nitrogens with zero attached hydrogens (tertiary/aromatic N) is 1. The van der Waals surface area contributed by atoms with Crippen molar-refractivity contribution >= 4 is 0 Å². The molecule has 1 aromatic carbocycles. The molecule has 1 aromatic rings. The molecular formula is C14H21NO2. The molecule has 0 amide bonds. The lowest BCUT2D eigenvalue weighted by Crippen LogP contribution is -2.24. The molecule has 2 rings (SSSR count). The minimum absolute atomic E-state index is 0.322. The van der Waals surface area contributed by atoms with E-state index in [2.05, 4.69) is 11.8 Å². The molecule has 1 aliphatic rings. The first kappa shape index (κ1) is 12.2. The van der Waals surface area contributed by atoms with E-state index in [0.29, 0.717) is 6.10 Å². The van der Waals surface area contributed by atoms with Gasteiger partial charge in [0.2, 0.25) is 0 Å². The summed E-state index contributed by atoms with van der Waals surface area (Å²) in [6, 6.07) is 6.04. The van der Waals surface area contributed by atoms with E-state index in [9.17, 15) is 0 Å². The summed E-state index contributed by atoms with van der Waals surface area (Å²) in [6.45, 7) is 7.52. The van der Waals surface area contributed by atoms with E-state index in [1.807, 2.05) is 25.1 Å². The number of ether oxygens (including phenoxy) is 2. The highest BCUT2D eigenvalue weighted by atomic mass is 16.5. The maximum absolute atomic E-state index is 5.98. The van der Waals surface area contributed by atoms with Crippen LogP contribution in [0.4, 0.5) is 0 Å². The van der Waals surface area contributed by atoms with Gasteiger partial charge in [-0.3, -0.25) is 4.90 Å². The van der Waals surface area contributed by atoms with Gasteiger partial charge in [-0.05, 0) is 31.5 Å². The van der Waals surface area contributed by atoms with Crippen LogP contribution in [0.3, 0.4) is 0 Å². The summed E-state index contributed by atoms with van der Waals surface area (Å²) in [4.78, 5) is 2.41. The van der Waals surface area contributed by atoms with E-state index >= 15 is 0 Å². The van der Waals surface area contributed by atoms with Crippen molar-refractivity contribution in [2.45, 2.75) is 26.4 Å². The average molecular weight is 235 g/mol. The largest absolute Gasteiger partial charge is 0.496 e. The summed E-state index contributed by atoms with van der Waals surface area (Å²) < 4.78 is 11.3. The number of likely N-dealkylation sites (tertiary alicyclic amines) is 1. The maximum atomic E-state index is 5.98. The Morgan fingerprint density at radius 1 is 1.41 bits per heavy atom. The first-order valence-electron chi connectivity index (χ1n) is 6.26. The van der Waals surface area contributed by atoms with Crippen molar-refractivity contribution in [3.05, 3.63) is 23.8 Å². The zero-order chi connectivity index (χ0) is 12.3. The Bertz CT molecular complexity index is 378. The highest BCUT2D eigenvalue weighted by molar-refractivity contribution is 5.39. The van der Waals surface area contributed by atoms with Crippen molar-refractivity contribution < 1.29 is 9.47 Å². The molecule has 0 saturated carbocycles. The van der Waals surface area contributed by atoms with E-state index in [-0.39, 0.29) is 0 Å². The predicted octanol–water partition coefficient (Wildman–Crippen LogP) is 2.48. The van der Waals surface area contributed by atoms with Crippen LogP contribution in [-0.4, -0.2) is 37.7 Å². The Hall–Kier alpha value is -1.22. The third-order valence-electron chi connectivity index (χ3n) is 3.36. The van der Waals surface area contributed by atoms with Crippen LogP contribution >= 0.6 is 0 Å². The molecule has 0 bridgehead atoms. The fraction of sp³-hybridized carbons (Fsp3) is 0.571. The average Bonchev–Trinajstić information content (AvgIpc) is 2.79. The normalized spacial score (nSPS) is 20.5. The van der Waals surface area contributed by atoms with E-state index in [1.54, 1.807) is 7.11 Å². The van der Waals surface area contributed by atoms with E-state index in [0.717, 1.165) is 43.1 Å². The third-order valence-corrected chi connectivity index (χ3v) is 3.36. The predicted molar refractivity (Wildman–Crippen MR) is 68.9 cm³/mol. The number of benzene rings is 1. The SMILES string of the molecule is CCN1CCC(Oc2ccc(C)c(OC)c2)C1. The molecule has 0 radical (unpaired) electrons. The molecule has 1 atom stereocenters. The molecule has 0 aliphatic carbocycles. The molecule has 0 aromatic heterocycles. The van der Waals surface area contributed by atoms with Crippen LogP contribution in [0.1, 0.15) is 18.9 Å². The minimum Gasteiger partial charge on any atom is -0.496 e. The van der Waals surface area contributed by atoms with Gasteiger partial charge >= 0.3 is 0 Å². The quantitative estimate of drug-likeness (QED) is 0.800. The summed E-state index contributed by atoms with van der Waals surface area (Å²) >= 11 is 0. The third kappa shape index (κ3) is 2.91. The summed E-state index contributed by atoms with van der Waals surface area (Å²) in [5, 5.41) is 0. The van der Waals surface area contributed by atoms with Gasteiger partial charge in [-0.1, -0.05) is 13.0 Å². The number of methoxy groups -OCH3 is 1. The van der Waals surface area contributed by atoms with Gasteiger partial charge in [0.05, 0.1) is 7.11 Å². The lowest BCUT2D eigenvalue weighted by molar-refractivity contribution is 0.202. The summed E-state index contributed by atoms with van der Waals surface area (Å²) in [6.07, 6.45) is 1.44. The number of rotatable bonds is 4. The molecule has 1 aliphatic heterocycles. The van der Waals surface area contributed by atoms with Gasteiger partial charge in [-0.2, -0.15) is 0 Å². The standard InChI is InChI=1S/C14H21NO2/c1-4-15-8-7-13(10-15)17-12-6-5-11(2)14(9-12)16-3/h5-6,9,13H,4,7-8,10H2,1-3H3. The van der Waals surface area contributed by atoms with Gasteiger partial charge in [-0.15, -0.1) is 0 Å². The highest BCUT2D eigenvalue weighted by Gasteiger charge is 2.22. The number of hydrogen-bond acceptors (Lipinski definition) is 3. The van der Waals surface area contributed by atoms with Crippen LogP contribution in [0.2, 0.25) is 0 Å². The lowest BCUT2D eigenvalue weighted by Gasteiger charge is -2.16. The Labute approximate surface area is 103 Å². The van der Waals surface area contributed by atoms with Gasteiger partial charge in [0.1, 0.15) is 17.6 Å². The van der Waals surface area contributed by atoms with Crippen molar-refractivity contribution in [3.8, 4) is 11.5 Å². The first-order valence-corrected chi connectivity index (χ1v) is 6.26. The minimum atomic E-state index is 0.322. The van der Waals surface area contributed by atoms with Crippen LogP contribution in [-0.2, 0) is 0 Å². The van der Waals surface area contributed by atoms with Crippen LogP contribution in [0.15, 0.2) is 18.2 Å². The first-order chi connectivity index (χ1) is 8.22. The summed E-state index contributed by atoms with van der Waals surface area (Å²) in [5.74, 6) is 1.81. The second kappa shape index (κ2) is 5.41. The van der Waals surface area contributed by atoms with Crippen molar-refractivity contribution in [1.82, 2.24) is 4.90 Å². The molecule has 3 heteroatoms. The Kier molecular flexibility index (Phi) is 3.89. The van der Waals surface area contributed by atoms with Crippen molar-refractivity contribution in [2.75, 3.05) is 26.7 Å². The molecule has 94 valence electrons. The van der Waals surface area contributed by atoms with E-state index in [4.69, 9.17) is 9.47 Å². The fourth-order valence-electron chi connectivity index (χ4n) is 2.25. The van der Waals surface area contributed by atoms with Crippen LogP contribution < -0.4 is 9.47 Å². The number of hydrogen-bond donors (Lipinski definition) is 0. The van der Waals surface area contributed by atoms with Crippen molar-refractivity contribution in [3.63, 3.8) is 0 Å². The van der Waals surface area contributed by atoms with Crippen LogP contribution in [0.5, 0.6) is 11.5 Å². The lowest BCUT2D eigenvalue weighted by atomic mass is 10.2. The van der Waals surface area contributed by atoms with Crippen LogP contribution in [0.25, 0.3) is 0 Å². The fourth-order valence-corrected chi connectivity index (χ4v) is 2.25. The van der Waals surface area contributed by atoms with Gasteiger partial charge in [0, 0.05) is 19.2 Å².